The van der Waals surface area contributed by atoms with Crippen LogP contribution < -0.4 is 5.73 Å². The van der Waals surface area contributed by atoms with Crippen LogP contribution in [0, 0.1) is 0 Å². The van der Waals surface area contributed by atoms with Gasteiger partial charge in [0.05, 0.1) is 13.7 Å². The van der Waals surface area contributed by atoms with Crippen molar-refractivity contribution in [3.63, 3.8) is 0 Å². The average Bonchev–Trinajstić information content (AvgIpc) is 2.55. The Bertz CT molecular complexity index is 292. The second-order valence-corrected chi connectivity index (χ2v) is 3.43. The van der Waals surface area contributed by atoms with E-state index in [1.807, 2.05) is 0 Å². The molecule has 0 bridgehead atoms. The van der Waals surface area contributed by atoms with Gasteiger partial charge >= 0.3 is 5.97 Å². The lowest BCUT2D eigenvalue weighted by molar-refractivity contribution is -0.135. The smallest absolute Gasteiger partial charge is 0.332 e. The summed E-state index contributed by atoms with van der Waals surface area (Å²) in [5.74, 6) is -0.685. The van der Waals surface area contributed by atoms with E-state index in [1.54, 1.807) is 0 Å². The average molecular weight is 233 g/mol. The molecule has 16 heavy (non-hydrogen) atoms. The molecule has 1 rings (SSSR count). The van der Waals surface area contributed by atoms with Gasteiger partial charge in [0.15, 0.2) is 0 Å². The van der Waals surface area contributed by atoms with E-state index in [-0.39, 0.29) is 5.70 Å². The number of rotatable bonds is 3. The fourth-order valence-electron chi connectivity index (χ4n) is 1.45. The predicted octanol–water partition coefficient (Wildman–Crippen LogP) is -2.52. The van der Waals surface area contributed by atoms with E-state index < -0.39 is 37.0 Å². The van der Waals surface area contributed by atoms with Crippen molar-refractivity contribution in [3.8, 4) is 0 Å². The maximum atomic E-state index is 10.9. The molecule has 1 heterocycles. The number of carbonyl (C=O) groups is 1. The van der Waals surface area contributed by atoms with Crippen molar-refractivity contribution >= 4 is 5.97 Å². The summed E-state index contributed by atoms with van der Waals surface area (Å²) in [7, 11) is 1.18. The monoisotopic (exact) mass is 233 g/mol. The van der Waals surface area contributed by atoms with Gasteiger partial charge in [0, 0.05) is 11.8 Å². The molecule has 1 aliphatic rings. The summed E-state index contributed by atoms with van der Waals surface area (Å²) >= 11 is 0. The van der Waals surface area contributed by atoms with Gasteiger partial charge in [-0.3, -0.25) is 0 Å². The number of aliphatic hydroxyl groups excluding tert-OH is 3. The number of hydrogen-bond donors (Lipinski definition) is 4. The Morgan fingerprint density at radius 3 is 2.56 bits per heavy atom. The van der Waals surface area contributed by atoms with Gasteiger partial charge in [0.25, 0.3) is 0 Å². The number of ether oxygens (including phenoxy) is 2. The largest absolute Gasteiger partial charge is 0.466 e. The first-order valence-electron chi connectivity index (χ1n) is 4.68. The maximum Gasteiger partial charge on any atom is 0.332 e. The minimum absolute atomic E-state index is 0.0608. The number of esters is 1. The van der Waals surface area contributed by atoms with Crippen molar-refractivity contribution in [3.05, 3.63) is 11.8 Å². The molecule has 4 atom stereocenters. The summed E-state index contributed by atoms with van der Waals surface area (Å²) in [5.41, 5.74) is 5.45. The Labute approximate surface area is 92.1 Å². The van der Waals surface area contributed by atoms with Crippen molar-refractivity contribution in [2.75, 3.05) is 13.7 Å². The van der Waals surface area contributed by atoms with Crippen LogP contribution in [-0.2, 0) is 14.3 Å². The quantitative estimate of drug-likeness (QED) is 0.313. The molecule has 0 saturated carbocycles. The molecule has 0 aromatic carbocycles. The van der Waals surface area contributed by atoms with E-state index in [0.29, 0.717) is 0 Å². The Morgan fingerprint density at radius 2 is 2.12 bits per heavy atom. The van der Waals surface area contributed by atoms with E-state index >= 15 is 0 Å². The van der Waals surface area contributed by atoms with Crippen LogP contribution in [0.5, 0.6) is 0 Å². The van der Waals surface area contributed by atoms with Gasteiger partial charge in [-0.2, -0.15) is 0 Å². The van der Waals surface area contributed by atoms with Crippen LogP contribution in [-0.4, -0.2) is 59.4 Å². The Kier molecular flexibility index (Phi) is 4.25. The van der Waals surface area contributed by atoms with Crippen molar-refractivity contribution in [2.24, 2.45) is 5.73 Å². The lowest BCUT2D eigenvalue weighted by Crippen LogP contribution is -2.35. The summed E-state index contributed by atoms with van der Waals surface area (Å²) in [6, 6.07) is 0. The summed E-state index contributed by atoms with van der Waals surface area (Å²) in [5, 5.41) is 27.8. The van der Waals surface area contributed by atoms with Crippen LogP contribution in [0.2, 0.25) is 0 Å². The van der Waals surface area contributed by atoms with Gasteiger partial charge < -0.3 is 30.5 Å². The first-order chi connectivity index (χ1) is 7.51. The van der Waals surface area contributed by atoms with Crippen molar-refractivity contribution in [2.45, 2.75) is 24.4 Å². The normalized spacial score (nSPS) is 35.1. The maximum absolute atomic E-state index is 10.9. The summed E-state index contributed by atoms with van der Waals surface area (Å²) in [6.45, 7) is -0.444. The van der Waals surface area contributed by atoms with Gasteiger partial charge in [-0.1, -0.05) is 0 Å². The highest BCUT2D eigenvalue weighted by atomic mass is 16.6. The number of aliphatic hydroxyl groups is 3. The molecule has 1 aliphatic heterocycles. The molecule has 5 N–H and O–H groups in total. The molecular weight excluding hydrogens is 218 g/mol. The molecule has 0 aromatic heterocycles. The third-order valence-electron chi connectivity index (χ3n) is 2.36. The molecule has 0 aliphatic carbocycles. The topological polar surface area (TPSA) is 122 Å². The third-order valence-corrected chi connectivity index (χ3v) is 2.36. The standard InChI is InChI=1S/C9H15NO6/c1-15-6(12)2-4(10)9-8(14)7(13)5(3-11)16-9/h2,5,7-9,11,13-14H,3,10H2,1H3/b4-2-/t5-,7-,8-,9+/m1/s1. The molecule has 92 valence electrons. The molecular formula is C9H15NO6. The molecule has 0 aromatic rings. The molecule has 7 nitrogen and oxygen atoms in total. The summed E-state index contributed by atoms with van der Waals surface area (Å²) in [4.78, 5) is 10.9. The van der Waals surface area contributed by atoms with Crippen LogP contribution in [0.25, 0.3) is 0 Å². The highest BCUT2D eigenvalue weighted by Gasteiger charge is 2.43. The number of methoxy groups -OCH3 is 1. The Balaban J connectivity index is 2.75. The second-order valence-electron chi connectivity index (χ2n) is 3.43. The minimum Gasteiger partial charge on any atom is -0.466 e. The number of hydrogen-bond acceptors (Lipinski definition) is 7. The highest BCUT2D eigenvalue weighted by molar-refractivity contribution is 5.82. The van der Waals surface area contributed by atoms with Crippen molar-refractivity contribution in [1.29, 1.82) is 0 Å². The molecule has 0 unspecified atom stereocenters. The van der Waals surface area contributed by atoms with Crippen molar-refractivity contribution in [1.82, 2.24) is 0 Å². The third kappa shape index (κ3) is 2.50. The zero-order valence-corrected chi connectivity index (χ0v) is 8.74. The summed E-state index contributed by atoms with van der Waals surface area (Å²) < 4.78 is 9.44. The molecule has 1 fully saturated rings. The fourth-order valence-corrected chi connectivity index (χ4v) is 1.45. The zero-order valence-electron chi connectivity index (χ0n) is 8.74. The van der Waals surface area contributed by atoms with Gasteiger partial charge in [0.2, 0.25) is 0 Å². The van der Waals surface area contributed by atoms with E-state index in [0.717, 1.165) is 6.08 Å². The van der Waals surface area contributed by atoms with Gasteiger partial charge in [-0.05, 0) is 0 Å². The predicted molar refractivity (Wildman–Crippen MR) is 52.0 cm³/mol. The van der Waals surface area contributed by atoms with E-state index in [2.05, 4.69) is 4.74 Å². The first kappa shape index (κ1) is 12.9. The van der Waals surface area contributed by atoms with Gasteiger partial charge in [-0.15, -0.1) is 0 Å². The van der Waals surface area contributed by atoms with Gasteiger partial charge in [-0.25, -0.2) is 4.79 Å². The molecule has 0 spiro atoms. The Morgan fingerprint density at radius 1 is 1.50 bits per heavy atom. The molecule has 1 saturated heterocycles. The molecule has 7 heteroatoms. The van der Waals surface area contributed by atoms with E-state index in [1.165, 1.54) is 7.11 Å². The van der Waals surface area contributed by atoms with Gasteiger partial charge in [0.1, 0.15) is 24.4 Å². The van der Waals surface area contributed by atoms with E-state index in [9.17, 15) is 15.0 Å². The lowest BCUT2D eigenvalue weighted by atomic mass is 10.1. The SMILES string of the molecule is COC(=O)/C=C(\N)[C@@H]1O[C@H](CO)[C@@H](O)[C@H]1O. The molecule has 0 radical (unpaired) electrons. The minimum atomic E-state index is -1.28. The second kappa shape index (κ2) is 5.26. The summed E-state index contributed by atoms with van der Waals surface area (Å²) in [6.07, 6.45) is -3.49. The van der Waals surface area contributed by atoms with E-state index in [4.69, 9.17) is 15.6 Å². The van der Waals surface area contributed by atoms with Crippen molar-refractivity contribution < 1.29 is 29.6 Å². The fraction of sp³-hybridized carbons (Fsp3) is 0.667. The number of carbonyl (C=O) groups excluding carboxylic acids is 1. The highest BCUT2D eigenvalue weighted by Crippen LogP contribution is 2.24. The van der Waals surface area contributed by atoms with Crippen LogP contribution in [0.15, 0.2) is 11.8 Å². The van der Waals surface area contributed by atoms with Crippen LogP contribution >= 0.6 is 0 Å². The molecule has 0 amide bonds. The Hall–Kier alpha value is -1.15. The first-order valence-corrected chi connectivity index (χ1v) is 4.68. The zero-order chi connectivity index (χ0) is 12.3. The number of nitrogens with two attached hydrogens (primary N) is 1. The van der Waals surface area contributed by atoms with Crippen LogP contribution in [0.4, 0.5) is 0 Å². The van der Waals surface area contributed by atoms with Crippen LogP contribution in [0.1, 0.15) is 0 Å². The lowest BCUT2D eigenvalue weighted by Gasteiger charge is -2.14. The van der Waals surface area contributed by atoms with Crippen LogP contribution in [0.3, 0.4) is 0 Å².